The fourth-order valence-corrected chi connectivity index (χ4v) is 4.46. The summed E-state index contributed by atoms with van der Waals surface area (Å²) in [6.07, 6.45) is 3.92. The summed E-state index contributed by atoms with van der Waals surface area (Å²) >= 11 is 0. The molecule has 118 valence electrons. The first-order valence-corrected chi connectivity index (χ1v) is 8.38. The van der Waals surface area contributed by atoms with Gasteiger partial charge < -0.3 is 5.32 Å². The van der Waals surface area contributed by atoms with Crippen LogP contribution in [0.3, 0.4) is 0 Å². The van der Waals surface area contributed by atoms with E-state index >= 15 is 0 Å². The van der Waals surface area contributed by atoms with E-state index in [1.807, 2.05) is 0 Å². The molecule has 1 aliphatic rings. The van der Waals surface area contributed by atoms with Crippen molar-refractivity contribution in [1.29, 1.82) is 0 Å². The second kappa shape index (κ2) is 5.76. The lowest BCUT2D eigenvalue weighted by atomic mass is 9.63. The van der Waals surface area contributed by atoms with Crippen LogP contribution in [0.25, 0.3) is 0 Å². The Balaban J connectivity index is 2.04. The molecule has 0 heterocycles. The van der Waals surface area contributed by atoms with Crippen LogP contribution in [0.2, 0.25) is 0 Å². The first kappa shape index (κ1) is 16.5. The molecular formula is C20H33N. The minimum atomic E-state index is 0.456. The molecule has 1 saturated carbocycles. The first-order chi connectivity index (χ1) is 9.58. The summed E-state index contributed by atoms with van der Waals surface area (Å²) in [6.45, 7) is 17.3. The molecule has 21 heavy (non-hydrogen) atoms. The number of hydrogen-bond acceptors (Lipinski definition) is 1. The summed E-state index contributed by atoms with van der Waals surface area (Å²) in [4.78, 5) is 0. The third kappa shape index (κ3) is 4.32. The van der Waals surface area contributed by atoms with E-state index < -0.39 is 0 Å². The Kier molecular flexibility index (Phi) is 4.54. The molecule has 0 bridgehead atoms. The van der Waals surface area contributed by atoms with Gasteiger partial charge in [-0.2, -0.15) is 0 Å². The Morgan fingerprint density at radius 2 is 1.43 bits per heavy atom. The summed E-state index contributed by atoms with van der Waals surface area (Å²) in [5.41, 5.74) is 6.59. The van der Waals surface area contributed by atoms with Crippen LogP contribution in [0.1, 0.15) is 69.2 Å². The molecule has 0 atom stereocenters. The summed E-state index contributed by atoms with van der Waals surface area (Å²) in [5.74, 6) is 0. The maximum absolute atomic E-state index is 3.84. The molecule has 0 spiro atoms. The highest BCUT2D eigenvalue weighted by atomic mass is 14.9. The SMILES string of the molecule is Cc1cc(C)c(CNC2CC(C)(C)CC(C)(C)C2)cc1C. The van der Waals surface area contributed by atoms with Crippen molar-refractivity contribution in [3.8, 4) is 0 Å². The highest BCUT2D eigenvalue weighted by Crippen LogP contribution is 2.45. The second-order valence-corrected chi connectivity index (χ2v) is 8.85. The van der Waals surface area contributed by atoms with Gasteiger partial charge in [-0.1, -0.05) is 39.8 Å². The van der Waals surface area contributed by atoms with Crippen molar-refractivity contribution in [2.24, 2.45) is 10.8 Å². The van der Waals surface area contributed by atoms with E-state index in [0.717, 1.165) is 6.54 Å². The predicted octanol–water partition coefficient (Wildman–Crippen LogP) is 5.31. The molecule has 1 nitrogen and oxygen atoms in total. The average molecular weight is 287 g/mol. The summed E-state index contributed by atoms with van der Waals surface area (Å²) in [5, 5.41) is 3.84. The zero-order chi connectivity index (χ0) is 15.8. The summed E-state index contributed by atoms with van der Waals surface area (Å²) in [7, 11) is 0. The van der Waals surface area contributed by atoms with E-state index in [4.69, 9.17) is 0 Å². The lowest BCUT2D eigenvalue weighted by molar-refractivity contribution is 0.0844. The molecule has 0 saturated heterocycles. The molecule has 1 aliphatic carbocycles. The van der Waals surface area contributed by atoms with Gasteiger partial charge in [-0.15, -0.1) is 0 Å². The van der Waals surface area contributed by atoms with E-state index in [1.54, 1.807) is 0 Å². The van der Waals surface area contributed by atoms with E-state index in [9.17, 15) is 0 Å². The molecule has 0 radical (unpaired) electrons. The van der Waals surface area contributed by atoms with Gasteiger partial charge in [0.05, 0.1) is 0 Å². The minimum absolute atomic E-state index is 0.456. The normalized spacial score (nSPS) is 21.5. The highest BCUT2D eigenvalue weighted by molar-refractivity contribution is 5.36. The Hall–Kier alpha value is -0.820. The molecule has 0 aromatic heterocycles. The lowest BCUT2D eigenvalue weighted by Crippen LogP contribution is -2.43. The topological polar surface area (TPSA) is 12.0 Å². The highest BCUT2D eigenvalue weighted by Gasteiger charge is 2.38. The standard InChI is InChI=1S/C20H33N/c1-14-8-16(3)17(9-15(14)2)12-21-18-10-19(4,5)13-20(6,7)11-18/h8-9,18,21H,10-13H2,1-7H3. The molecule has 1 fully saturated rings. The molecule has 2 rings (SSSR count). The molecule has 0 amide bonds. The Labute approximate surface area is 131 Å². The molecular weight excluding hydrogens is 254 g/mol. The fourth-order valence-electron chi connectivity index (χ4n) is 4.46. The van der Waals surface area contributed by atoms with Gasteiger partial charge in [0.2, 0.25) is 0 Å². The van der Waals surface area contributed by atoms with Crippen LogP contribution < -0.4 is 5.32 Å². The maximum Gasteiger partial charge on any atom is 0.0210 e. The monoisotopic (exact) mass is 287 g/mol. The Morgan fingerprint density at radius 3 is 2.00 bits per heavy atom. The number of rotatable bonds is 3. The molecule has 0 aliphatic heterocycles. The quantitative estimate of drug-likeness (QED) is 0.794. The van der Waals surface area contributed by atoms with Crippen LogP contribution in [0, 0.1) is 31.6 Å². The van der Waals surface area contributed by atoms with Gasteiger partial charge in [-0.3, -0.25) is 0 Å². The van der Waals surface area contributed by atoms with E-state index in [1.165, 1.54) is 41.5 Å². The number of aryl methyl sites for hydroxylation is 3. The number of nitrogens with one attached hydrogen (secondary N) is 1. The molecule has 1 N–H and O–H groups in total. The molecule has 0 unspecified atom stereocenters. The van der Waals surface area contributed by atoms with Crippen LogP contribution in [-0.4, -0.2) is 6.04 Å². The van der Waals surface area contributed by atoms with Crippen molar-refractivity contribution < 1.29 is 0 Å². The van der Waals surface area contributed by atoms with Crippen LogP contribution >= 0.6 is 0 Å². The summed E-state index contributed by atoms with van der Waals surface area (Å²) < 4.78 is 0. The third-order valence-electron chi connectivity index (χ3n) is 5.09. The van der Waals surface area contributed by atoms with Crippen molar-refractivity contribution in [2.45, 2.75) is 80.3 Å². The van der Waals surface area contributed by atoms with E-state index in [-0.39, 0.29) is 0 Å². The van der Waals surface area contributed by atoms with Crippen LogP contribution in [-0.2, 0) is 6.54 Å². The van der Waals surface area contributed by atoms with Gasteiger partial charge in [0, 0.05) is 12.6 Å². The second-order valence-electron chi connectivity index (χ2n) is 8.85. The van der Waals surface area contributed by atoms with Gasteiger partial charge in [-0.05, 0) is 73.1 Å². The Bertz CT molecular complexity index is 495. The molecule has 1 heteroatoms. The lowest BCUT2D eigenvalue weighted by Gasteiger charge is -2.45. The zero-order valence-electron chi connectivity index (χ0n) is 15.1. The maximum atomic E-state index is 3.84. The van der Waals surface area contributed by atoms with Gasteiger partial charge in [-0.25, -0.2) is 0 Å². The minimum Gasteiger partial charge on any atom is -0.310 e. The van der Waals surface area contributed by atoms with Gasteiger partial charge in [0.25, 0.3) is 0 Å². The Morgan fingerprint density at radius 1 is 0.905 bits per heavy atom. The van der Waals surface area contributed by atoms with Gasteiger partial charge in [0.15, 0.2) is 0 Å². The van der Waals surface area contributed by atoms with E-state index in [2.05, 4.69) is 65.9 Å². The van der Waals surface area contributed by atoms with Crippen molar-refractivity contribution in [1.82, 2.24) is 5.32 Å². The zero-order valence-corrected chi connectivity index (χ0v) is 15.1. The van der Waals surface area contributed by atoms with Crippen molar-refractivity contribution in [3.63, 3.8) is 0 Å². The first-order valence-electron chi connectivity index (χ1n) is 8.38. The van der Waals surface area contributed by atoms with Crippen molar-refractivity contribution >= 4 is 0 Å². The molecule has 1 aromatic rings. The third-order valence-corrected chi connectivity index (χ3v) is 5.09. The van der Waals surface area contributed by atoms with Gasteiger partial charge in [0.1, 0.15) is 0 Å². The number of hydrogen-bond donors (Lipinski definition) is 1. The smallest absolute Gasteiger partial charge is 0.0210 e. The number of benzene rings is 1. The summed E-state index contributed by atoms with van der Waals surface area (Å²) in [6, 6.07) is 5.32. The van der Waals surface area contributed by atoms with Crippen LogP contribution in [0.4, 0.5) is 0 Å². The van der Waals surface area contributed by atoms with Crippen molar-refractivity contribution in [2.75, 3.05) is 0 Å². The van der Waals surface area contributed by atoms with Gasteiger partial charge >= 0.3 is 0 Å². The average Bonchev–Trinajstić information content (AvgIpc) is 2.28. The fraction of sp³-hybridized carbons (Fsp3) is 0.700. The van der Waals surface area contributed by atoms with Crippen LogP contribution in [0.15, 0.2) is 12.1 Å². The molecule has 1 aromatic carbocycles. The van der Waals surface area contributed by atoms with E-state index in [0.29, 0.717) is 16.9 Å². The van der Waals surface area contributed by atoms with Crippen LogP contribution in [0.5, 0.6) is 0 Å². The largest absolute Gasteiger partial charge is 0.310 e. The predicted molar refractivity (Wildman–Crippen MR) is 92.7 cm³/mol. The van der Waals surface area contributed by atoms with Crippen molar-refractivity contribution in [3.05, 3.63) is 34.4 Å².